The second-order valence-electron chi connectivity index (χ2n) is 4.24. The monoisotopic (exact) mass is 262 g/mol. The highest BCUT2D eigenvalue weighted by Gasteiger charge is 2.08. The summed E-state index contributed by atoms with van der Waals surface area (Å²) in [6.07, 6.45) is 4.85. The summed E-state index contributed by atoms with van der Waals surface area (Å²) < 4.78 is 12.9. The molecule has 0 unspecified atom stereocenters. The van der Waals surface area contributed by atoms with Crippen molar-refractivity contribution in [2.24, 2.45) is 0 Å². The van der Waals surface area contributed by atoms with E-state index in [-0.39, 0.29) is 0 Å². The van der Waals surface area contributed by atoms with E-state index in [1.165, 1.54) is 0 Å². The number of methoxy groups -OCH3 is 1. The second-order valence-corrected chi connectivity index (χ2v) is 4.24. The van der Waals surface area contributed by atoms with Crippen LogP contribution in [0.3, 0.4) is 0 Å². The Hall–Kier alpha value is -2.01. The highest BCUT2D eigenvalue weighted by atomic mass is 16.5. The van der Waals surface area contributed by atoms with Gasteiger partial charge in [-0.3, -0.25) is 0 Å². The maximum atomic E-state index is 9.53. The zero-order valence-corrected chi connectivity index (χ0v) is 11.1. The van der Waals surface area contributed by atoms with Gasteiger partial charge in [0.25, 0.3) is 0 Å². The van der Waals surface area contributed by atoms with Crippen LogP contribution < -0.4 is 9.47 Å². The molecule has 1 aromatic carbocycles. The number of rotatable bonds is 6. The minimum atomic E-state index is -0.520. The summed E-state index contributed by atoms with van der Waals surface area (Å²) in [6.45, 7) is 2.97. The Morgan fingerprint density at radius 1 is 1.37 bits per heavy atom. The SMILES string of the molecule is COc1cc([C@H](C)O)ccc1OCCn1ccnc1. The molecule has 19 heavy (non-hydrogen) atoms. The predicted octanol–water partition coefficient (Wildman–Crippen LogP) is 2.02. The van der Waals surface area contributed by atoms with E-state index < -0.39 is 6.10 Å². The van der Waals surface area contributed by atoms with E-state index in [2.05, 4.69) is 4.98 Å². The largest absolute Gasteiger partial charge is 0.493 e. The fourth-order valence-corrected chi connectivity index (χ4v) is 1.74. The lowest BCUT2D eigenvalue weighted by molar-refractivity contribution is 0.198. The molecule has 0 spiro atoms. The molecular formula is C14H18N2O3. The second kappa shape index (κ2) is 6.24. The predicted molar refractivity (Wildman–Crippen MR) is 71.3 cm³/mol. The zero-order chi connectivity index (χ0) is 13.7. The van der Waals surface area contributed by atoms with Crippen LogP contribution in [0.2, 0.25) is 0 Å². The Balaban J connectivity index is 1.99. The molecule has 0 saturated heterocycles. The molecule has 2 rings (SSSR count). The average Bonchev–Trinajstić information content (AvgIpc) is 2.92. The Morgan fingerprint density at radius 3 is 2.84 bits per heavy atom. The van der Waals surface area contributed by atoms with Crippen molar-refractivity contribution < 1.29 is 14.6 Å². The van der Waals surface area contributed by atoms with Gasteiger partial charge >= 0.3 is 0 Å². The van der Waals surface area contributed by atoms with Gasteiger partial charge in [0.2, 0.25) is 0 Å². The molecule has 5 heteroatoms. The van der Waals surface area contributed by atoms with E-state index in [4.69, 9.17) is 9.47 Å². The molecule has 0 radical (unpaired) electrons. The number of aromatic nitrogens is 2. The van der Waals surface area contributed by atoms with Gasteiger partial charge in [0.1, 0.15) is 6.61 Å². The minimum Gasteiger partial charge on any atom is -0.493 e. The van der Waals surface area contributed by atoms with Crippen LogP contribution in [0.5, 0.6) is 11.5 Å². The van der Waals surface area contributed by atoms with Crippen LogP contribution in [0.15, 0.2) is 36.9 Å². The van der Waals surface area contributed by atoms with Crippen LogP contribution >= 0.6 is 0 Å². The van der Waals surface area contributed by atoms with Gasteiger partial charge in [0, 0.05) is 12.4 Å². The molecule has 1 heterocycles. The molecular weight excluding hydrogens is 244 g/mol. The van der Waals surface area contributed by atoms with Crippen LogP contribution in [0.4, 0.5) is 0 Å². The van der Waals surface area contributed by atoms with Crippen molar-refractivity contribution in [3.05, 3.63) is 42.5 Å². The van der Waals surface area contributed by atoms with E-state index in [0.29, 0.717) is 18.1 Å². The summed E-state index contributed by atoms with van der Waals surface area (Å²) in [7, 11) is 1.59. The molecule has 0 amide bonds. The van der Waals surface area contributed by atoms with E-state index >= 15 is 0 Å². The summed E-state index contributed by atoms with van der Waals surface area (Å²) in [4.78, 5) is 3.97. The van der Waals surface area contributed by atoms with E-state index in [0.717, 1.165) is 12.1 Å². The lowest BCUT2D eigenvalue weighted by Crippen LogP contribution is -2.07. The van der Waals surface area contributed by atoms with Crippen molar-refractivity contribution in [3.63, 3.8) is 0 Å². The summed E-state index contributed by atoms with van der Waals surface area (Å²) in [5.41, 5.74) is 0.804. The van der Waals surface area contributed by atoms with Crippen LogP contribution in [-0.4, -0.2) is 28.4 Å². The Labute approximate surface area is 112 Å². The fourth-order valence-electron chi connectivity index (χ4n) is 1.74. The van der Waals surface area contributed by atoms with Crippen LogP contribution in [0.25, 0.3) is 0 Å². The number of hydrogen-bond acceptors (Lipinski definition) is 4. The smallest absolute Gasteiger partial charge is 0.161 e. The third kappa shape index (κ3) is 3.48. The first kappa shape index (κ1) is 13.4. The van der Waals surface area contributed by atoms with Crippen LogP contribution in [0.1, 0.15) is 18.6 Å². The van der Waals surface area contributed by atoms with Gasteiger partial charge < -0.3 is 19.1 Å². The molecule has 1 N–H and O–H groups in total. The van der Waals surface area contributed by atoms with Crippen LogP contribution in [-0.2, 0) is 6.54 Å². The minimum absolute atomic E-state index is 0.520. The normalized spacial score (nSPS) is 12.2. The van der Waals surface area contributed by atoms with Crippen molar-refractivity contribution in [1.29, 1.82) is 0 Å². The van der Waals surface area contributed by atoms with Gasteiger partial charge in [0.15, 0.2) is 11.5 Å². The number of hydrogen-bond donors (Lipinski definition) is 1. The molecule has 0 fully saturated rings. The summed E-state index contributed by atoms with van der Waals surface area (Å²) in [5, 5.41) is 9.53. The number of nitrogens with zero attached hydrogens (tertiary/aromatic N) is 2. The summed E-state index contributed by atoms with van der Waals surface area (Å²) >= 11 is 0. The van der Waals surface area contributed by atoms with E-state index in [9.17, 15) is 5.11 Å². The average molecular weight is 262 g/mol. The van der Waals surface area contributed by atoms with Crippen molar-refractivity contribution >= 4 is 0 Å². The lowest BCUT2D eigenvalue weighted by Gasteiger charge is -2.13. The quantitative estimate of drug-likeness (QED) is 0.865. The number of aliphatic hydroxyl groups is 1. The van der Waals surface area contributed by atoms with Gasteiger partial charge in [-0.05, 0) is 24.6 Å². The molecule has 0 aliphatic heterocycles. The first-order valence-electron chi connectivity index (χ1n) is 6.15. The number of ether oxygens (including phenoxy) is 2. The Kier molecular flexibility index (Phi) is 4.41. The summed E-state index contributed by atoms with van der Waals surface area (Å²) in [5.74, 6) is 1.30. The maximum Gasteiger partial charge on any atom is 0.161 e. The molecule has 0 aliphatic carbocycles. The molecule has 102 valence electrons. The van der Waals surface area contributed by atoms with Gasteiger partial charge in [-0.1, -0.05) is 6.07 Å². The number of imidazole rings is 1. The molecule has 0 saturated carbocycles. The zero-order valence-electron chi connectivity index (χ0n) is 11.1. The van der Waals surface area contributed by atoms with E-state index in [1.807, 2.05) is 22.9 Å². The number of aliphatic hydroxyl groups excluding tert-OH is 1. The highest BCUT2D eigenvalue weighted by Crippen LogP contribution is 2.30. The van der Waals surface area contributed by atoms with E-state index in [1.54, 1.807) is 32.6 Å². The van der Waals surface area contributed by atoms with Crippen LogP contribution in [0, 0.1) is 0 Å². The Bertz CT molecular complexity index is 509. The molecule has 0 bridgehead atoms. The van der Waals surface area contributed by atoms with Crippen molar-refractivity contribution in [3.8, 4) is 11.5 Å². The lowest BCUT2D eigenvalue weighted by atomic mass is 10.1. The fraction of sp³-hybridized carbons (Fsp3) is 0.357. The number of benzene rings is 1. The third-order valence-electron chi connectivity index (χ3n) is 2.84. The molecule has 0 aliphatic rings. The van der Waals surface area contributed by atoms with Crippen molar-refractivity contribution in [1.82, 2.24) is 9.55 Å². The molecule has 2 aromatic rings. The molecule has 5 nitrogen and oxygen atoms in total. The standard InChI is InChI=1S/C14H18N2O3/c1-11(17)12-3-4-13(14(9-12)18-2)19-8-7-16-6-5-15-10-16/h3-6,9-11,17H,7-8H2,1-2H3/t11-/m0/s1. The first-order chi connectivity index (χ1) is 9.20. The van der Waals surface area contributed by atoms with Gasteiger partial charge in [0.05, 0.1) is 26.1 Å². The molecule has 1 atom stereocenters. The molecule has 1 aromatic heterocycles. The summed E-state index contributed by atoms with van der Waals surface area (Å²) in [6, 6.07) is 5.44. The van der Waals surface area contributed by atoms with Crippen molar-refractivity contribution in [2.45, 2.75) is 19.6 Å². The van der Waals surface area contributed by atoms with Gasteiger partial charge in [-0.25, -0.2) is 4.98 Å². The first-order valence-corrected chi connectivity index (χ1v) is 6.15. The van der Waals surface area contributed by atoms with Gasteiger partial charge in [-0.15, -0.1) is 0 Å². The van der Waals surface area contributed by atoms with Gasteiger partial charge in [-0.2, -0.15) is 0 Å². The maximum absolute atomic E-state index is 9.53. The highest BCUT2D eigenvalue weighted by molar-refractivity contribution is 5.43. The Morgan fingerprint density at radius 2 is 2.21 bits per heavy atom. The topological polar surface area (TPSA) is 56.5 Å². The third-order valence-corrected chi connectivity index (χ3v) is 2.84. The van der Waals surface area contributed by atoms with Crippen molar-refractivity contribution in [2.75, 3.05) is 13.7 Å².